The maximum absolute atomic E-state index is 6.10. The number of fused-ring (bicyclic) bond motifs is 1. The third kappa shape index (κ3) is 1.79. The van der Waals surface area contributed by atoms with E-state index in [4.69, 9.17) is 33.4 Å². The molecule has 3 rings (SSSR count). The molecule has 0 spiro atoms. The maximum Gasteiger partial charge on any atom is 0.230 e. The van der Waals surface area contributed by atoms with Crippen LogP contribution in [0.15, 0.2) is 34.9 Å². The van der Waals surface area contributed by atoms with Crippen molar-refractivity contribution < 1.29 is 4.42 Å². The lowest BCUT2D eigenvalue weighted by molar-refractivity contribution is 0.620. The second-order valence-corrected chi connectivity index (χ2v) is 4.51. The molecule has 2 heterocycles. The summed E-state index contributed by atoms with van der Waals surface area (Å²) in [6.07, 6.45) is 1.65. The second kappa shape index (κ2) is 4.15. The Hall–Kier alpha value is -1.78. The highest BCUT2D eigenvalue weighted by molar-refractivity contribution is 6.37. The number of hydrogen-bond donors (Lipinski definition) is 1. The van der Waals surface area contributed by atoms with Crippen molar-refractivity contribution >= 4 is 40.1 Å². The minimum absolute atomic E-state index is 0.372. The molecule has 6 heteroatoms. The third-order valence-electron chi connectivity index (χ3n) is 2.48. The number of aromatic nitrogens is 2. The molecular weight excluding hydrogens is 273 g/mol. The molecule has 0 aliphatic rings. The van der Waals surface area contributed by atoms with Crippen LogP contribution in [-0.2, 0) is 0 Å². The van der Waals surface area contributed by atoms with Crippen LogP contribution in [0.5, 0.6) is 0 Å². The van der Waals surface area contributed by atoms with Gasteiger partial charge in [-0.25, -0.2) is 4.98 Å². The molecule has 0 aliphatic heterocycles. The summed E-state index contributed by atoms with van der Waals surface area (Å²) in [6.45, 7) is 0. The summed E-state index contributed by atoms with van der Waals surface area (Å²) in [5, 5.41) is 0.832. The van der Waals surface area contributed by atoms with Gasteiger partial charge in [0.1, 0.15) is 0 Å². The molecule has 0 fully saturated rings. The zero-order valence-corrected chi connectivity index (χ0v) is 10.5. The number of nitrogens with two attached hydrogens (primary N) is 1. The molecule has 0 bridgehead atoms. The topological polar surface area (TPSA) is 64.9 Å². The van der Waals surface area contributed by atoms with Crippen LogP contribution in [-0.4, -0.2) is 9.97 Å². The lowest BCUT2D eigenvalue weighted by Gasteiger charge is -2.03. The second-order valence-electron chi connectivity index (χ2n) is 3.70. The lowest BCUT2D eigenvalue weighted by atomic mass is 10.2. The van der Waals surface area contributed by atoms with Gasteiger partial charge in [-0.05, 0) is 24.3 Å². The van der Waals surface area contributed by atoms with Crippen LogP contribution in [0.1, 0.15) is 0 Å². The number of hydrogen-bond acceptors (Lipinski definition) is 4. The molecule has 0 radical (unpaired) electrons. The number of nitrogens with zero attached hydrogens (tertiary/aromatic N) is 2. The monoisotopic (exact) mass is 279 g/mol. The highest BCUT2D eigenvalue weighted by Gasteiger charge is 2.14. The highest BCUT2D eigenvalue weighted by Crippen LogP contribution is 2.34. The number of pyridine rings is 1. The highest BCUT2D eigenvalue weighted by atomic mass is 35.5. The smallest absolute Gasteiger partial charge is 0.230 e. The van der Waals surface area contributed by atoms with Gasteiger partial charge in [0.15, 0.2) is 11.2 Å². The Bertz CT molecular complexity index is 706. The number of rotatable bonds is 1. The zero-order valence-electron chi connectivity index (χ0n) is 9.02. The molecule has 0 saturated heterocycles. The van der Waals surface area contributed by atoms with Gasteiger partial charge in [0.25, 0.3) is 0 Å². The summed E-state index contributed by atoms with van der Waals surface area (Å²) in [4.78, 5) is 8.35. The van der Waals surface area contributed by atoms with Gasteiger partial charge >= 0.3 is 0 Å². The molecule has 2 aromatic heterocycles. The minimum Gasteiger partial charge on any atom is -0.434 e. The van der Waals surface area contributed by atoms with E-state index in [0.29, 0.717) is 38.4 Å². The van der Waals surface area contributed by atoms with Gasteiger partial charge in [0.05, 0.1) is 21.3 Å². The summed E-state index contributed by atoms with van der Waals surface area (Å²) in [6, 6.07) is 6.76. The SMILES string of the molecule is Nc1cc(-c2nc3ncccc3o2)c(Cl)cc1Cl. The average molecular weight is 280 g/mol. The molecular formula is C12H7Cl2N3O. The molecule has 0 atom stereocenters. The minimum atomic E-state index is 0.372. The molecule has 90 valence electrons. The molecule has 2 N–H and O–H groups in total. The van der Waals surface area contributed by atoms with Crippen molar-refractivity contribution in [1.82, 2.24) is 9.97 Å². The van der Waals surface area contributed by atoms with Crippen molar-refractivity contribution in [2.75, 3.05) is 5.73 Å². The van der Waals surface area contributed by atoms with Crippen molar-refractivity contribution in [3.8, 4) is 11.5 Å². The summed E-state index contributed by atoms with van der Waals surface area (Å²) < 4.78 is 5.57. The van der Waals surface area contributed by atoms with Gasteiger partial charge in [0.2, 0.25) is 5.89 Å². The van der Waals surface area contributed by atoms with Crippen LogP contribution in [0.2, 0.25) is 10.0 Å². The molecule has 0 aliphatic carbocycles. The van der Waals surface area contributed by atoms with E-state index in [1.54, 1.807) is 30.5 Å². The van der Waals surface area contributed by atoms with E-state index < -0.39 is 0 Å². The summed E-state index contributed by atoms with van der Waals surface area (Å²) >= 11 is 12.0. The number of anilines is 1. The first kappa shape index (κ1) is 11.3. The van der Waals surface area contributed by atoms with E-state index in [1.165, 1.54) is 0 Å². The van der Waals surface area contributed by atoms with Crippen molar-refractivity contribution in [3.05, 3.63) is 40.5 Å². The van der Waals surface area contributed by atoms with Crippen LogP contribution in [0, 0.1) is 0 Å². The average Bonchev–Trinajstić information content (AvgIpc) is 2.77. The molecule has 18 heavy (non-hydrogen) atoms. The van der Waals surface area contributed by atoms with Crippen LogP contribution in [0.25, 0.3) is 22.7 Å². The first-order valence-corrected chi connectivity index (χ1v) is 5.87. The van der Waals surface area contributed by atoms with Gasteiger partial charge in [-0.2, -0.15) is 4.98 Å². The molecule has 0 saturated carbocycles. The fourth-order valence-corrected chi connectivity index (χ4v) is 2.08. The Morgan fingerprint density at radius 3 is 2.78 bits per heavy atom. The van der Waals surface area contributed by atoms with Gasteiger partial charge in [-0.3, -0.25) is 0 Å². The Kier molecular flexibility index (Phi) is 2.61. The fraction of sp³-hybridized carbons (Fsp3) is 0. The van der Waals surface area contributed by atoms with E-state index in [-0.39, 0.29) is 0 Å². The molecule has 0 unspecified atom stereocenters. The number of halogens is 2. The maximum atomic E-state index is 6.10. The molecule has 1 aromatic carbocycles. The Balaban J connectivity index is 2.22. The van der Waals surface area contributed by atoms with Crippen LogP contribution in [0.4, 0.5) is 5.69 Å². The fourth-order valence-electron chi connectivity index (χ4n) is 1.61. The van der Waals surface area contributed by atoms with E-state index in [2.05, 4.69) is 9.97 Å². The van der Waals surface area contributed by atoms with E-state index in [0.717, 1.165) is 0 Å². The summed E-state index contributed by atoms with van der Waals surface area (Å²) in [5.74, 6) is 0.372. The van der Waals surface area contributed by atoms with Crippen molar-refractivity contribution in [2.24, 2.45) is 0 Å². The molecule has 3 aromatic rings. The lowest BCUT2D eigenvalue weighted by Crippen LogP contribution is -1.89. The van der Waals surface area contributed by atoms with Crippen molar-refractivity contribution in [1.29, 1.82) is 0 Å². The van der Waals surface area contributed by atoms with Crippen molar-refractivity contribution in [3.63, 3.8) is 0 Å². The van der Waals surface area contributed by atoms with Gasteiger partial charge in [-0.1, -0.05) is 23.2 Å². The Morgan fingerprint density at radius 2 is 2.00 bits per heavy atom. The predicted molar refractivity (Wildman–Crippen MR) is 71.7 cm³/mol. The third-order valence-corrected chi connectivity index (χ3v) is 3.12. The first-order chi connectivity index (χ1) is 8.65. The summed E-state index contributed by atoms with van der Waals surface area (Å²) in [5.41, 5.74) is 7.88. The van der Waals surface area contributed by atoms with E-state index in [9.17, 15) is 0 Å². The molecule has 0 amide bonds. The number of benzene rings is 1. The Morgan fingerprint density at radius 1 is 1.17 bits per heavy atom. The van der Waals surface area contributed by atoms with Gasteiger partial charge in [-0.15, -0.1) is 0 Å². The standard InChI is InChI=1S/C12H7Cl2N3O/c13-7-5-8(14)9(15)4-6(7)12-17-11-10(18-12)2-1-3-16-11/h1-5H,15H2. The Labute approximate surface area is 112 Å². The van der Waals surface area contributed by atoms with E-state index in [1.807, 2.05) is 0 Å². The van der Waals surface area contributed by atoms with Crippen molar-refractivity contribution in [2.45, 2.75) is 0 Å². The van der Waals surface area contributed by atoms with Crippen LogP contribution in [0.3, 0.4) is 0 Å². The van der Waals surface area contributed by atoms with Crippen LogP contribution >= 0.6 is 23.2 Å². The number of nitrogen functional groups attached to an aromatic ring is 1. The largest absolute Gasteiger partial charge is 0.434 e. The quantitative estimate of drug-likeness (QED) is 0.689. The summed E-state index contributed by atoms with van der Waals surface area (Å²) in [7, 11) is 0. The van der Waals surface area contributed by atoms with Gasteiger partial charge < -0.3 is 10.2 Å². The van der Waals surface area contributed by atoms with E-state index >= 15 is 0 Å². The first-order valence-electron chi connectivity index (χ1n) is 5.11. The number of oxazole rings is 1. The zero-order chi connectivity index (χ0) is 12.7. The normalized spacial score (nSPS) is 11.0. The molecule has 4 nitrogen and oxygen atoms in total. The van der Waals surface area contributed by atoms with Gasteiger partial charge in [0, 0.05) is 6.20 Å². The predicted octanol–water partition coefficient (Wildman–Crippen LogP) is 3.78. The van der Waals surface area contributed by atoms with Crippen LogP contribution < -0.4 is 5.73 Å².